The van der Waals surface area contributed by atoms with Gasteiger partial charge in [0.25, 0.3) is 0 Å². The van der Waals surface area contributed by atoms with Crippen molar-refractivity contribution in [3.63, 3.8) is 0 Å². The van der Waals surface area contributed by atoms with Gasteiger partial charge in [-0.05, 0) is 30.5 Å². The fourth-order valence-corrected chi connectivity index (χ4v) is 3.56. The number of rotatable bonds is 4. The molecule has 0 saturated heterocycles. The highest BCUT2D eigenvalue weighted by Gasteiger charge is 2.23. The molecule has 1 atom stereocenters. The predicted molar refractivity (Wildman–Crippen MR) is 106 cm³/mol. The highest BCUT2D eigenvalue weighted by molar-refractivity contribution is 8.14. The summed E-state index contributed by atoms with van der Waals surface area (Å²) in [7, 11) is 0. The van der Waals surface area contributed by atoms with Crippen LogP contribution in [0.3, 0.4) is 0 Å². The molecule has 0 fully saturated rings. The molecule has 0 aliphatic carbocycles. The van der Waals surface area contributed by atoms with Crippen molar-refractivity contribution in [2.45, 2.75) is 26.3 Å². The molecule has 134 valence electrons. The van der Waals surface area contributed by atoms with Crippen molar-refractivity contribution in [2.24, 2.45) is 4.99 Å². The number of anilines is 1. The topological polar surface area (TPSA) is 70.6 Å². The van der Waals surface area contributed by atoms with Gasteiger partial charge < -0.3 is 10.6 Å². The van der Waals surface area contributed by atoms with Gasteiger partial charge >= 0.3 is 0 Å². The van der Waals surface area contributed by atoms with E-state index in [9.17, 15) is 9.59 Å². The lowest BCUT2D eigenvalue weighted by Crippen LogP contribution is -2.35. The second-order valence-corrected chi connectivity index (χ2v) is 7.18. The van der Waals surface area contributed by atoms with Gasteiger partial charge in [0.05, 0.1) is 18.2 Å². The number of hydrogen-bond donors (Lipinski definition) is 2. The Bertz CT molecular complexity index is 829. The first-order valence-electron chi connectivity index (χ1n) is 8.44. The number of aliphatic imine (C=N–C) groups is 1. The average Bonchev–Trinajstić information content (AvgIpc) is 2.63. The minimum Gasteiger partial charge on any atom is -0.325 e. The molecule has 0 bridgehead atoms. The minimum atomic E-state index is -0.200. The van der Waals surface area contributed by atoms with Crippen LogP contribution in [0, 0.1) is 13.8 Å². The van der Waals surface area contributed by atoms with Crippen molar-refractivity contribution in [3.8, 4) is 0 Å². The van der Waals surface area contributed by atoms with Gasteiger partial charge in [0, 0.05) is 5.69 Å². The maximum atomic E-state index is 12.3. The summed E-state index contributed by atoms with van der Waals surface area (Å²) in [5.41, 5.74) is 3.89. The van der Waals surface area contributed by atoms with Crippen LogP contribution in [0.15, 0.2) is 53.5 Å². The molecule has 26 heavy (non-hydrogen) atoms. The van der Waals surface area contributed by atoms with Gasteiger partial charge in [0.15, 0.2) is 5.17 Å². The zero-order valence-corrected chi connectivity index (χ0v) is 15.6. The Labute approximate surface area is 157 Å². The van der Waals surface area contributed by atoms with Crippen molar-refractivity contribution in [1.29, 1.82) is 0 Å². The smallest absolute Gasteiger partial charge is 0.234 e. The van der Waals surface area contributed by atoms with Gasteiger partial charge in [-0.1, -0.05) is 60.3 Å². The van der Waals surface area contributed by atoms with E-state index >= 15 is 0 Å². The van der Waals surface area contributed by atoms with E-state index in [4.69, 9.17) is 0 Å². The molecule has 3 rings (SSSR count). The SMILES string of the molecule is Cc1cccc(C)c1NC(=O)CSC1=NC(c2ccccc2)CC(=O)N1. The maximum absolute atomic E-state index is 12.3. The van der Waals surface area contributed by atoms with E-state index in [1.807, 2.05) is 62.4 Å². The van der Waals surface area contributed by atoms with Crippen LogP contribution < -0.4 is 10.6 Å². The number of nitrogens with one attached hydrogen (secondary N) is 2. The third kappa shape index (κ3) is 4.52. The highest BCUT2D eigenvalue weighted by Crippen LogP contribution is 2.26. The molecule has 2 aromatic carbocycles. The maximum Gasteiger partial charge on any atom is 0.234 e. The summed E-state index contributed by atoms with van der Waals surface area (Å²) in [5.74, 6) is -0.00769. The first kappa shape index (κ1) is 18.2. The molecule has 6 heteroatoms. The van der Waals surface area contributed by atoms with Crippen LogP contribution in [0.1, 0.15) is 29.2 Å². The first-order chi connectivity index (χ1) is 12.5. The Morgan fingerprint density at radius 3 is 2.54 bits per heavy atom. The Hall–Kier alpha value is -2.60. The second-order valence-electron chi connectivity index (χ2n) is 6.22. The number of benzene rings is 2. The Morgan fingerprint density at radius 2 is 1.85 bits per heavy atom. The van der Waals surface area contributed by atoms with Gasteiger partial charge in [-0.15, -0.1) is 0 Å². The zero-order chi connectivity index (χ0) is 18.5. The molecule has 1 aliphatic rings. The normalized spacial score (nSPS) is 16.6. The summed E-state index contributed by atoms with van der Waals surface area (Å²) in [6.45, 7) is 3.93. The number of thioether (sulfide) groups is 1. The number of amides is 2. The standard InChI is InChI=1S/C20H21N3O2S/c1-13-7-6-8-14(2)19(13)22-18(25)12-26-20-21-16(11-17(24)23-20)15-9-4-3-5-10-15/h3-10,16H,11-12H2,1-2H3,(H,22,25)(H,21,23,24). The van der Waals surface area contributed by atoms with E-state index in [-0.39, 0.29) is 23.6 Å². The van der Waals surface area contributed by atoms with Crippen molar-refractivity contribution < 1.29 is 9.59 Å². The lowest BCUT2D eigenvalue weighted by Gasteiger charge is -2.20. The highest BCUT2D eigenvalue weighted by atomic mass is 32.2. The van der Waals surface area contributed by atoms with Crippen LogP contribution in [-0.4, -0.2) is 22.7 Å². The van der Waals surface area contributed by atoms with E-state index in [0.29, 0.717) is 11.6 Å². The van der Waals surface area contributed by atoms with Gasteiger partial charge in [0.2, 0.25) is 11.8 Å². The van der Waals surface area contributed by atoms with Crippen molar-refractivity contribution in [3.05, 3.63) is 65.2 Å². The van der Waals surface area contributed by atoms with Gasteiger partial charge in [-0.2, -0.15) is 0 Å². The lowest BCUT2D eigenvalue weighted by atomic mass is 10.0. The molecule has 1 aliphatic heterocycles. The van der Waals surface area contributed by atoms with Gasteiger partial charge in [-0.3, -0.25) is 14.6 Å². The van der Waals surface area contributed by atoms with E-state index in [1.54, 1.807) is 0 Å². The van der Waals surface area contributed by atoms with Crippen LogP contribution in [-0.2, 0) is 9.59 Å². The Kier molecular flexibility index (Phi) is 5.73. The molecule has 1 unspecified atom stereocenters. The van der Waals surface area contributed by atoms with E-state index in [1.165, 1.54) is 11.8 Å². The summed E-state index contributed by atoms with van der Waals surface area (Å²) >= 11 is 1.24. The third-order valence-electron chi connectivity index (χ3n) is 4.17. The fraction of sp³-hybridized carbons (Fsp3) is 0.250. The van der Waals surface area contributed by atoms with Crippen LogP contribution in [0.4, 0.5) is 5.69 Å². The summed E-state index contributed by atoms with van der Waals surface area (Å²) < 4.78 is 0. The monoisotopic (exact) mass is 367 g/mol. The van der Waals surface area contributed by atoms with Crippen molar-refractivity contribution >= 4 is 34.4 Å². The number of carbonyl (C=O) groups excluding carboxylic acids is 2. The first-order valence-corrected chi connectivity index (χ1v) is 9.43. The summed E-state index contributed by atoms with van der Waals surface area (Å²) in [6, 6.07) is 15.4. The molecule has 0 radical (unpaired) electrons. The van der Waals surface area contributed by atoms with Gasteiger partial charge in [-0.25, -0.2) is 0 Å². The minimum absolute atomic E-state index is 0.0773. The van der Waals surface area contributed by atoms with Crippen LogP contribution >= 0.6 is 11.8 Å². The Morgan fingerprint density at radius 1 is 1.15 bits per heavy atom. The summed E-state index contributed by atoms with van der Waals surface area (Å²) in [4.78, 5) is 28.9. The number of hydrogen-bond acceptors (Lipinski definition) is 4. The molecule has 0 spiro atoms. The largest absolute Gasteiger partial charge is 0.325 e. The molecule has 1 heterocycles. The van der Waals surface area contributed by atoms with E-state index in [0.717, 1.165) is 22.4 Å². The molecule has 0 aromatic heterocycles. The van der Waals surface area contributed by atoms with Crippen LogP contribution in [0.2, 0.25) is 0 Å². The number of aryl methyl sites for hydroxylation is 2. The predicted octanol–water partition coefficient (Wildman–Crippen LogP) is 3.59. The molecular formula is C20H21N3O2S. The fourth-order valence-electron chi connectivity index (χ4n) is 2.83. The van der Waals surface area contributed by atoms with Crippen molar-refractivity contribution in [1.82, 2.24) is 5.32 Å². The van der Waals surface area contributed by atoms with Crippen LogP contribution in [0.25, 0.3) is 0 Å². The third-order valence-corrected chi connectivity index (χ3v) is 5.06. The number of nitrogens with zero attached hydrogens (tertiary/aromatic N) is 1. The Balaban J connectivity index is 1.64. The number of carbonyl (C=O) groups is 2. The molecule has 2 N–H and O–H groups in total. The zero-order valence-electron chi connectivity index (χ0n) is 14.8. The lowest BCUT2D eigenvalue weighted by molar-refractivity contribution is -0.120. The molecular weight excluding hydrogens is 346 g/mol. The van der Waals surface area contributed by atoms with E-state index < -0.39 is 0 Å². The molecule has 2 amide bonds. The van der Waals surface area contributed by atoms with Crippen LogP contribution in [0.5, 0.6) is 0 Å². The van der Waals surface area contributed by atoms with Crippen molar-refractivity contribution in [2.75, 3.05) is 11.1 Å². The second kappa shape index (κ2) is 8.19. The quantitative estimate of drug-likeness (QED) is 0.867. The van der Waals surface area contributed by atoms with Gasteiger partial charge in [0.1, 0.15) is 0 Å². The molecule has 2 aromatic rings. The summed E-state index contributed by atoms with van der Waals surface area (Å²) in [6.07, 6.45) is 0.322. The molecule has 0 saturated carbocycles. The summed E-state index contributed by atoms with van der Waals surface area (Å²) in [5, 5.41) is 6.19. The number of para-hydroxylation sites is 1. The average molecular weight is 367 g/mol. The molecule has 5 nitrogen and oxygen atoms in total. The van der Waals surface area contributed by atoms with E-state index in [2.05, 4.69) is 15.6 Å². The number of amidine groups is 1.